The molecule has 0 saturated heterocycles. The van der Waals surface area contributed by atoms with E-state index in [1.165, 1.54) is 17.0 Å². The van der Waals surface area contributed by atoms with E-state index in [1.54, 1.807) is 36.7 Å². The van der Waals surface area contributed by atoms with Gasteiger partial charge in [-0.15, -0.1) is 0 Å². The smallest absolute Gasteiger partial charge is 0.267 e. The number of anilines is 2. The minimum Gasteiger partial charge on any atom is -0.396 e. The van der Waals surface area contributed by atoms with Crippen molar-refractivity contribution in [3.63, 3.8) is 0 Å². The number of carbonyl (C=O) groups excluding carboxylic acids is 1. The van der Waals surface area contributed by atoms with E-state index in [4.69, 9.17) is 5.73 Å². The first-order valence-corrected chi connectivity index (χ1v) is 12.3. The summed E-state index contributed by atoms with van der Waals surface area (Å²) in [6.45, 7) is 0.180. The Morgan fingerprint density at radius 2 is 1.87 bits per heavy atom. The molecule has 1 aliphatic carbocycles. The number of aromatic nitrogens is 5. The van der Waals surface area contributed by atoms with Gasteiger partial charge in [0, 0.05) is 48.1 Å². The number of aliphatic hydroxyl groups excluding tert-OH is 1. The molecule has 1 aliphatic rings. The second kappa shape index (κ2) is 9.56. The van der Waals surface area contributed by atoms with Crippen molar-refractivity contribution >= 4 is 28.6 Å². The molecule has 4 heterocycles. The van der Waals surface area contributed by atoms with Gasteiger partial charge in [0.1, 0.15) is 29.2 Å². The molecule has 10 nitrogen and oxygen atoms in total. The van der Waals surface area contributed by atoms with E-state index in [0.29, 0.717) is 23.2 Å². The maximum Gasteiger partial charge on any atom is 0.267 e. The first-order valence-electron chi connectivity index (χ1n) is 12.3. The van der Waals surface area contributed by atoms with E-state index in [9.17, 15) is 14.7 Å². The standard InChI is InChI=1S/C28H25N7O3/c29-25-24-22(14-35(26(24)32-16-31-25)20-11-17(12-20)15-36)18-8-9-23(30-13-18)33-27(37)21-7-4-10-34(28(21)38)19-5-2-1-3-6-19/h1-10,13-14,16-17,20,36H,11-12,15H2,(H2,29,31,32)(H,30,33,37)/t17-,20+. The van der Waals surface area contributed by atoms with Crippen LogP contribution in [0.3, 0.4) is 0 Å². The van der Waals surface area contributed by atoms with Crippen molar-refractivity contribution in [1.82, 2.24) is 24.1 Å². The lowest BCUT2D eigenvalue weighted by molar-refractivity contribution is 0.102. The van der Waals surface area contributed by atoms with Crippen LogP contribution < -0.4 is 16.6 Å². The van der Waals surface area contributed by atoms with Gasteiger partial charge in [-0.3, -0.25) is 14.2 Å². The van der Waals surface area contributed by atoms with Crippen molar-refractivity contribution in [2.24, 2.45) is 5.92 Å². The Bertz CT molecular complexity index is 1690. The van der Waals surface area contributed by atoms with Gasteiger partial charge < -0.3 is 20.7 Å². The van der Waals surface area contributed by atoms with Crippen LogP contribution in [0.25, 0.3) is 27.8 Å². The lowest BCUT2D eigenvalue weighted by atomic mass is 9.81. The number of amides is 1. The molecule has 0 spiro atoms. The number of aliphatic hydroxyl groups is 1. The molecule has 38 heavy (non-hydrogen) atoms. The van der Waals surface area contributed by atoms with E-state index in [0.717, 1.165) is 35.0 Å². The first kappa shape index (κ1) is 23.6. The molecule has 0 bridgehead atoms. The number of pyridine rings is 2. The predicted molar refractivity (Wildman–Crippen MR) is 144 cm³/mol. The molecule has 5 aromatic rings. The summed E-state index contributed by atoms with van der Waals surface area (Å²) in [4.78, 5) is 39.0. The Balaban J connectivity index is 1.27. The Kier molecular flexibility index (Phi) is 5.93. The summed E-state index contributed by atoms with van der Waals surface area (Å²) in [5, 5.41) is 12.9. The molecule has 0 atom stereocenters. The van der Waals surface area contributed by atoms with Gasteiger partial charge in [0.2, 0.25) is 0 Å². The summed E-state index contributed by atoms with van der Waals surface area (Å²) in [6, 6.07) is 16.0. The largest absolute Gasteiger partial charge is 0.396 e. The highest BCUT2D eigenvalue weighted by atomic mass is 16.3. The maximum atomic E-state index is 13.0. The molecule has 1 amide bonds. The molecular formula is C28H25N7O3. The monoisotopic (exact) mass is 507 g/mol. The lowest BCUT2D eigenvalue weighted by Crippen LogP contribution is -2.28. The average molecular weight is 508 g/mol. The van der Waals surface area contributed by atoms with Crippen LogP contribution >= 0.6 is 0 Å². The van der Waals surface area contributed by atoms with Crippen LogP contribution in [0.15, 0.2) is 84.3 Å². The van der Waals surface area contributed by atoms with Crippen LogP contribution in [0, 0.1) is 5.92 Å². The SMILES string of the molecule is Nc1ncnc2c1c(-c1ccc(NC(=O)c3cccn(-c4ccccc4)c3=O)nc1)cn2[C@H]1C[C@@H](CO)C1. The molecule has 4 aromatic heterocycles. The van der Waals surface area contributed by atoms with Gasteiger partial charge in [-0.05, 0) is 55.2 Å². The van der Waals surface area contributed by atoms with Crippen LogP contribution in [-0.4, -0.2) is 41.7 Å². The molecule has 0 aliphatic heterocycles. The number of nitrogen functional groups attached to an aromatic ring is 1. The van der Waals surface area contributed by atoms with Gasteiger partial charge in [0.15, 0.2) is 0 Å². The Labute approximate surface area is 217 Å². The van der Waals surface area contributed by atoms with Crippen LogP contribution in [0.2, 0.25) is 0 Å². The lowest BCUT2D eigenvalue weighted by Gasteiger charge is -2.35. The summed E-state index contributed by atoms with van der Waals surface area (Å²) < 4.78 is 3.52. The van der Waals surface area contributed by atoms with Gasteiger partial charge in [-0.1, -0.05) is 18.2 Å². The topological polar surface area (TPSA) is 141 Å². The van der Waals surface area contributed by atoms with Gasteiger partial charge in [-0.25, -0.2) is 15.0 Å². The number of hydrogen-bond acceptors (Lipinski definition) is 7. The van der Waals surface area contributed by atoms with E-state index in [2.05, 4.69) is 24.8 Å². The van der Waals surface area contributed by atoms with Gasteiger partial charge in [0.05, 0.1) is 5.39 Å². The summed E-state index contributed by atoms with van der Waals surface area (Å²) in [5.41, 5.74) is 8.87. The number of rotatable bonds is 6. The third-order valence-electron chi connectivity index (χ3n) is 7.04. The van der Waals surface area contributed by atoms with E-state index < -0.39 is 11.5 Å². The first-order chi connectivity index (χ1) is 18.5. The zero-order chi connectivity index (χ0) is 26.2. The van der Waals surface area contributed by atoms with E-state index >= 15 is 0 Å². The summed E-state index contributed by atoms with van der Waals surface area (Å²) in [5.74, 6) is 0.438. The summed E-state index contributed by atoms with van der Waals surface area (Å²) in [6.07, 6.45) is 8.47. The third-order valence-corrected chi connectivity index (χ3v) is 7.04. The highest BCUT2D eigenvalue weighted by Gasteiger charge is 2.32. The second-order valence-corrected chi connectivity index (χ2v) is 9.40. The minimum absolute atomic E-state index is 0.0110. The van der Waals surface area contributed by atoms with Crippen LogP contribution in [0.5, 0.6) is 0 Å². The molecule has 190 valence electrons. The highest BCUT2D eigenvalue weighted by Crippen LogP contribution is 2.42. The molecule has 1 aromatic carbocycles. The number of fused-ring (bicyclic) bond motifs is 1. The van der Waals surface area contributed by atoms with Gasteiger partial charge >= 0.3 is 0 Å². The number of para-hydroxylation sites is 1. The Morgan fingerprint density at radius 3 is 2.61 bits per heavy atom. The van der Waals surface area contributed by atoms with Crippen molar-refractivity contribution < 1.29 is 9.90 Å². The quantitative estimate of drug-likeness (QED) is 0.320. The summed E-state index contributed by atoms with van der Waals surface area (Å²) in [7, 11) is 0. The normalized spacial score (nSPS) is 16.8. The molecule has 0 radical (unpaired) electrons. The number of benzene rings is 1. The second-order valence-electron chi connectivity index (χ2n) is 9.40. The number of nitrogens with zero attached hydrogens (tertiary/aromatic N) is 5. The molecule has 4 N–H and O–H groups in total. The van der Waals surface area contributed by atoms with Crippen molar-refractivity contribution in [2.45, 2.75) is 18.9 Å². The molecule has 1 fully saturated rings. The molecule has 1 saturated carbocycles. The van der Waals surface area contributed by atoms with Gasteiger partial charge in [-0.2, -0.15) is 0 Å². The fourth-order valence-electron chi connectivity index (χ4n) is 4.95. The number of nitrogens with two attached hydrogens (primary N) is 1. The molecule has 0 unspecified atom stereocenters. The number of hydrogen-bond donors (Lipinski definition) is 3. The Hall–Kier alpha value is -4.83. The molecule has 10 heteroatoms. The third kappa shape index (κ3) is 4.10. The van der Waals surface area contributed by atoms with Crippen molar-refractivity contribution in [1.29, 1.82) is 0 Å². The van der Waals surface area contributed by atoms with Crippen LogP contribution in [-0.2, 0) is 0 Å². The fraction of sp³-hybridized carbons (Fsp3) is 0.179. The number of carbonyl (C=O) groups is 1. The van der Waals surface area contributed by atoms with Crippen molar-refractivity contribution in [2.75, 3.05) is 17.7 Å². The predicted octanol–water partition coefficient (Wildman–Crippen LogP) is 3.42. The van der Waals surface area contributed by atoms with Crippen molar-refractivity contribution in [3.05, 3.63) is 95.4 Å². The number of nitrogens with one attached hydrogen (secondary N) is 1. The zero-order valence-electron chi connectivity index (χ0n) is 20.4. The zero-order valence-corrected chi connectivity index (χ0v) is 20.4. The highest BCUT2D eigenvalue weighted by molar-refractivity contribution is 6.04. The van der Waals surface area contributed by atoms with Crippen molar-refractivity contribution in [3.8, 4) is 16.8 Å². The minimum atomic E-state index is -0.543. The van der Waals surface area contributed by atoms with Gasteiger partial charge in [0.25, 0.3) is 11.5 Å². The van der Waals surface area contributed by atoms with Crippen LogP contribution in [0.4, 0.5) is 11.6 Å². The fourth-order valence-corrected chi connectivity index (χ4v) is 4.95. The van der Waals surface area contributed by atoms with Crippen LogP contribution in [0.1, 0.15) is 29.2 Å². The summed E-state index contributed by atoms with van der Waals surface area (Å²) >= 11 is 0. The Morgan fingerprint density at radius 1 is 1.05 bits per heavy atom. The molecule has 6 rings (SSSR count). The average Bonchev–Trinajstić information content (AvgIpc) is 3.30. The maximum absolute atomic E-state index is 13.0. The van der Waals surface area contributed by atoms with E-state index in [-0.39, 0.29) is 18.2 Å². The van der Waals surface area contributed by atoms with E-state index in [1.807, 2.05) is 30.5 Å². The molecular weight excluding hydrogens is 482 g/mol.